The molecule has 98 valence electrons. The van der Waals surface area contributed by atoms with Gasteiger partial charge in [-0.1, -0.05) is 30.3 Å². The van der Waals surface area contributed by atoms with Crippen LogP contribution in [0.1, 0.15) is 33.3 Å². The second-order valence-electron chi connectivity index (χ2n) is 5.20. The number of ether oxygens (including phenoxy) is 1. The molecule has 3 heteroatoms. The van der Waals surface area contributed by atoms with Crippen molar-refractivity contribution < 1.29 is 9.53 Å². The Morgan fingerprint density at radius 1 is 1.28 bits per heavy atom. The zero-order valence-corrected chi connectivity index (χ0v) is 11.5. The van der Waals surface area contributed by atoms with Gasteiger partial charge in [0.15, 0.2) is 0 Å². The Bertz CT molecular complexity index is 416. The van der Waals surface area contributed by atoms with Crippen LogP contribution in [0, 0.1) is 0 Å². The highest BCUT2D eigenvalue weighted by Gasteiger charge is 2.14. The number of benzene rings is 1. The molecule has 0 unspecified atom stereocenters. The number of carbonyl (C=O) groups excluding carboxylic acids is 1. The summed E-state index contributed by atoms with van der Waals surface area (Å²) in [6.07, 6.45) is 1.48. The van der Waals surface area contributed by atoms with Crippen LogP contribution < -0.4 is 5.32 Å². The lowest BCUT2D eigenvalue weighted by molar-refractivity contribution is -0.148. The molecule has 0 heterocycles. The third-order valence-corrected chi connectivity index (χ3v) is 2.16. The first-order valence-electron chi connectivity index (χ1n) is 6.06. The molecule has 0 amide bonds. The quantitative estimate of drug-likeness (QED) is 0.656. The van der Waals surface area contributed by atoms with E-state index in [2.05, 4.69) is 5.32 Å². The van der Waals surface area contributed by atoms with E-state index in [0.29, 0.717) is 6.54 Å². The van der Waals surface area contributed by atoms with Gasteiger partial charge in [-0.2, -0.15) is 0 Å². The molecule has 1 aromatic carbocycles. The molecule has 0 aliphatic rings. The van der Waals surface area contributed by atoms with Gasteiger partial charge < -0.3 is 10.1 Å². The van der Waals surface area contributed by atoms with Crippen molar-refractivity contribution >= 4 is 5.97 Å². The van der Waals surface area contributed by atoms with E-state index < -0.39 is 5.60 Å². The summed E-state index contributed by atoms with van der Waals surface area (Å²) >= 11 is 0. The van der Waals surface area contributed by atoms with E-state index in [1.165, 1.54) is 11.6 Å². The molecular formula is C15H21NO2. The van der Waals surface area contributed by atoms with Gasteiger partial charge in [0.05, 0.1) is 0 Å². The Balaban J connectivity index is 2.45. The highest BCUT2D eigenvalue weighted by molar-refractivity contribution is 5.82. The summed E-state index contributed by atoms with van der Waals surface area (Å²) < 4.78 is 5.21. The largest absolute Gasteiger partial charge is 0.457 e. The topological polar surface area (TPSA) is 38.3 Å². The van der Waals surface area contributed by atoms with Crippen LogP contribution in [-0.2, 0) is 16.1 Å². The van der Waals surface area contributed by atoms with Crippen LogP contribution in [-0.4, -0.2) is 11.6 Å². The minimum absolute atomic E-state index is 0.319. The van der Waals surface area contributed by atoms with Crippen molar-refractivity contribution in [2.24, 2.45) is 0 Å². The Kier molecular flexibility index (Phi) is 4.95. The molecule has 1 rings (SSSR count). The smallest absolute Gasteiger partial charge is 0.333 e. The monoisotopic (exact) mass is 247 g/mol. The van der Waals surface area contributed by atoms with E-state index in [1.807, 2.05) is 58.0 Å². The number of hydrogen-bond acceptors (Lipinski definition) is 3. The molecule has 0 aromatic heterocycles. The van der Waals surface area contributed by atoms with Gasteiger partial charge >= 0.3 is 5.97 Å². The summed E-state index contributed by atoms with van der Waals surface area (Å²) in [6.45, 7) is 8.11. The van der Waals surface area contributed by atoms with E-state index in [4.69, 9.17) is 4.74 Å². The Labute approximate surface area is 109 Å². The van der Waals surface area contributed by atoms with Crippen molar-refractivity contribution in [2.75, 3.05) is 0 Å². The van der Waals surface area contributed by atoms with Crippen LogP contribution >= 0.6 is 0 Å². The van der Waals surface area contributed by atoms with Crippen molar-refractivity contribution in [3.05, 3.63) is 47.7 Å². The molecule has 1 aromatic rings. The average Bonchev–Trinajstić information content (AvgIpc) is 2.25. The van der Waals surface area contributed by atoms with Gasteiger partial charge in [0, 0.05) is 18.3 Å². The zero-order valence-electron chi connectivity index (χ0n) is 11.5. The van der Waals surface area contributed by atoms with Gasteiger partial charge in [-0.15, -0.1) is 0 Å². The summed E-state index contributed by atoms with van der Waals surface area (Å²) in [4.78, 5) is 11.5. The van der Waals surface area contributed by atoms with Gasteiger partial charge in [-0.05, 0) is 33.3 Å². The molecule has 0 spiro atoms. The van der Waals surface area contributed by atoms with Crippen LogP contribution in [0.5, 0.6) is 0 Å². The molecule has 0 saturated heterocycles. The van der Waals surface area contributed by atoms with Crippen molar-refractivity contribution in [1.29, 1.82) is 0 Å². The van der Waals surface area contributed by atoms with Gasteiger partial charge in [-0.3, -0.25) is 0 Å². The maximum absolute atomic E-state index is 11.5. The van der Waals surface area contributed by atoms with Crippen LogP contribution in [0.4, 0.5) is 0 Å². The molecule has 0 aliphatic heterocycles. The van der Waals surface area contributed by atoms with Gasteiger partial charge in [0.1, 0.15) is 5.60 Å². The fourth-order valence-corrected chi connectivity index (χ4v) is 1.40. The number of rotatable bonds is 4. The third kappa shape index (κ3) is 6.09. The van der Waals surface area contributed by atoms with Crippen molar-refractivity contribution in [3.63, 3.8) is 0 Å². The summed E-state index contributed by atoms with van der Waals surface area (Å²) in [5.74, 6) is -0.319. The average molecular weight is 247 g/mol. The number of esters is 1. The SMILES string of the molecule is CC(=CC(=O)OC(C)(C)C)NCc1ccccc1. The highest BCUT2D eigenvalue weighted by Crippen LogP contribution is 2.08. The van der Waals surface area contributed by atoms with Crippen LogP contribution in [0.25, 0.3) is 0 Å². The number of carbonyl (C=O) groups is 1. The standard InChI is InChI=1S/C15H21NO2/c1-12(10-14(17)18-15(2,3)4)16-11-13-8-6-5-7-9-13/h5-10,16H,11H2,1-4H3. The van der Waals surface area contributed by atoms with Crippen molar-refractivity contribution in [2.45, 2.75) is 39.8 Å². The third-order valence-electron chi connectivity index (χ3n) is 2.16. The van der Waals surface area contributed by atoms with Gasteiger partial charge in [-0.25, -0.2) is 4.79 Å². The molecular weight excluding hydrogens is 226 g/mol. The molecule has 18 heavy (non-hydrogen) atoms. The van der Waals surface area contributed by atoms with E-state index in [9.17, 15) is 4.79 Å². The van der Waals surface area contributed by atoms with E-state index >= 15 is 0 Å². The first kappa shape index (κ1) is 14.3. The Hall–Kier alpha value is -1.77. The normalized spacial score (nSPS) is 12.1. The lowest BCUT2D eigenvalue weighted by Crippen LogP contribution is -2.23. The molecule has 0 radical (unpaired) electrons. The predicted octanol–water partition coefficient (Wildman–Crippen LogP) is 3.02. The maximum Gasteiger partial charge on any atom is 0.333 e. The van der Waals surface area contributed by atoms with Gasteiger partial charge in [0.25, 0.3) is 0 Å². The fraction of sp³-hybridized carbons (Fsp3) is 0.400. The fourth-order valence-electron chi connectivity index (χ4n) is 1.40. The van der Waals surface area contributed by atoms with Crippen molar-refractivity contribution in [3.8, 4) is 0 Å². The summed E-state index contributed by atoms with van der Waals surface area (Å²) in [5.41, 5.74) is 1.52. The van der Waals surface area contributed by atoms with E-state index in [0.717, 1.165) is 5.70 Å². The van der Waals surface area contributed by atoms with Crippen molar-refractivity contribution in [1.82, 2.24) is 5.32 Å². The zero-order chi connectivity index (χ0) is 13.6. The van der Waals surface area contributed by atoms with Crippen LogP contribution in [0.3, 0.4) is 0 Å². The molecule has 0 atom stereocenters. The van der Waals surface area contributed by atoms with Crippen LogP contribution in [0.15, 0.2) is 42.1 Å². The lowest BCUT2D eigenvalue weighted by Gasteiger charge is -2.18. The summed E-state index contributed by atoms with van der Waals surface area (Å²) in [7, 11) is 0. The molecule has 0 fully saturated rings. The Morgan fingerprint density at radius 2 is 1.89 bits per heavy atom. The maximum atomic E-state index is 11.5. The minimum Gasteiger partial charge on any atom is -0.457 e. The number of allylic oxidation sites excluding steroid dienone is 1. The number of hydrogen-bond donors (Lipinski definition) is 1. The first-order chi connectivity index (χ1) is 8.37. The van der Waals surface area contributed by atoms with E-state index in [1.54, 1.807) is 0 Å². The predicted molar refractivity (Wildman–Crippen MR) is 72.9 cm³/mol. The molecule has 0 bridgehead atoms. The molecule has 0 saturated carbocycles. The second-order valence-corrected chi connectivity index (χ2v) is 5.20. The first-order valence-corrected chi connectivity index (χ1v) is 6.06. The van der Waals surface area contributed by atoms with Gasteiger partial charge in [0.2, 0.25) is 0 Å². The van der Waals surface area contributed by atoms with Crippen LogP contribution in [0.2, 0.25) is 0 Å². The lowest BCUT2D eigenvalue weighted by atomic mass is 10.2. The molecule has 3 nitrogen and oxygen atoms in total. The Morgan fingerprint density at radius 3 is 2.44 bits per heavy atom. The van der Waals surface area contributed by atoms with E-state index in [-0.39, 0.29) is 5.97 Å². The molecule has 1 N–H and O–H groups in total. The number of nitrogens with one attached hydrogen (secondary N) is 1. The summed E-state index contributed by atoms with van der Waals surface area (Å²) in [6, 6.07) is 10.0. The minimum atomic E-state index is -0.451. The second kappa shape index (κ2) is 6.24. The summed E-state index contributed by atoms with van der Waals surface area (Å²) in [5, 5.41) is 3.18. The molecule has 0 aliphatic carbocycles. The highest BCUT2D eigenvalue weighted by atomic mass is 16.6.